The molecule has 2 aromatic carbocycles. The fourth-order valence-electron chi connectivity index (χ4n) is 4.68. The molecule has 4 rings (SSSR count). The molecule has 1 aromatic heterocycles. The number of carbonyl (C=O) groups is 1. The topological polar surface area (TPSA) is 62.7 Å². The van der Waals surface area contributed by atoms with E-state index in [1.54, 1.807) is 14.0 Å². The van der Waals surface area contributed by atoms with Crippen LogP contribution in [0.25, 0.3) is 10.9 Å². The number of nitrogens with zero attached hydrogens (tertiary/aromatic N) is 2. The lowest BCUT2D eigenvalue weighted by molar-refractivity contribution is -0.131. The van der Waals surface area contributed by atoms with Crippen LogP contribution in [-0.2, 0) is 10.4 Å². The van der Waals surface area contributed by atoms with Crippen LogP contribution in [0.2, 0.25) is 5.02 Å². The first-order valence-corrected chi connectivity index (χ1v) is 10.9. The number of halogens is 1. The molecule has 1 N–H and O–H groups in total. The van der Waals surface area contributed by atoms with Crippen molar-refractivity contribution in [1.29, 1.82) is 0 Å². The van der Waals surface area contributed by atoms with Crippen molar-refractivity contribution in [1.82, 2.24) is 9.88 Å². The monoisotopic (exact) mass is 438 g/mol. The van der Waals surface area contributed by atoms with Crippen LogP contribution in [0.5, 0.6) is 5.88 Å². The molecule has 0 radical (unpaired) electrons. The van der Waals surface area contributed by atoms with Crippen molar-refractivity contribution in [3.63, 3.8) is 0 Å². The molecule has 0 bridgehead atoms. The van der Waals surface area contributed by atoms with Crippen molar-refractivity contribution in [3.8, 4) is 5.88 Å². The van der Waals surface area contributed by atoms with Gasteiger partial charge >= 0.3 is 0 Å². The summed E-state index contributed by atoms with van der Waals surface area (Å²) < 4.78 is 5.35. The van der Waals surface area contributed by atoms with Gasteiger partial charge in [0, 0.05) is 31.0 Å². The second-order valence-electron chi connectivity index (χ2n) is 8.20. The number of benzene rings is 2. The highest BCUT2D eigenvalue weighted by atomic mass is 35.5. The summed E-state index contributed by atoms with van der Waals surface area (Å²) in [7, 11) is 1.58. The Morgan fingerprint density at radius 2 is 1.84 bits per heavy atom. The average Bonchev–Trinajstić information content (AvgIpc) is 2.81. The van der Waals surface area contributed by atoms with E-state index in [4.69, 9.17) is 16.3 Å². The summed E-state index contributed by atoms with van der Waals surface area (Å²) in [6, 6.07) is 15.5. The lowest BCUT2D eigenvalue weighted by Crippen LogP contribution is -2.45. The van der Waals surface area contributed by atoms with E-state index in [1.165, 1.54) is 0 Å². The first-order chi connectivity index (χ1) is 14.9. The highest BCUT2D eigenvalue weighted by molar-refractivity contribution is 6.36. The van der Waals surface area contributed by atoms with Gasteiger partial charge in [-0.1, -0.05) is 48.0 Å². The van der Waals surface area contributed by atoms with E-state index >= 15 is 0 Å². The molecule has 2 heterocycles. The molecule has 3 aromatic rings. The number of aliphatic hydroxyl groups is 1. The number of hydrogen-bond acceptors (Lipinski definition) is 4. The molecule has 1 aliphatic rings. The van der Waals surface area contributed by atoms with Gasteiger partial charge in [-0.15, -0.1) is 0 Å². The number of ether oxygens (including phenoxy) is 1. The van der Waals surface area contributed by atoms with E-state index in [1.807, 2.05) is 60.4 Å². The highest BCUT2D eigenvalue weighted by Crippen LogP contribution is 2.43. The Hall–Kier alpha value is -2.63. The Labute approximate surface area is 187 Å². The quantitative estimate of drug-likeness (QED) is 0.641. The van der Waals surface area contributed by atoms with Crippen molar-refractivity contribution >= 4 is 28.4 Å². The van der Waals surface area contributed by atoms with Crippen LogP contribution in [0.3, 0.4) is 0 Å². The van der Waals surface area contributed by atoms with E-state index in [-0.39, 0.29) is 11.8 Å². The fraction of sp³-hybridized carbons (Fsp3) is 0.360. The number of pyridine rings is 1. The molecule has 0 spiro atoms. The summed E-state index contributed by atoms with van der Waals surface area (Å²) in [6.45, 7) is 4.75. The molecule has 1 atom stereocenters. The summed E-state index contributed by atoms with van der Waals surface area (Å²) in [4.78, 5) is 18.2. The molecule has 1 saturated heterocycles. The molecule has 5 nitrogen and oxygen atoms in total. The number of methoxy groups -OCH3 is 1. The molecule has 1 unspecified atom stereocenters. The predicted octanol–water partition coefficient (Wildman–Crippen LogP) is 4.70. The summed E-state index contributed by atoms with van der Waals surface area (Å²) >= 11 is 6.67. The van der Waals surface area contributed by atoms with Crippen molar-refractivity contribution in [2.24, 2.45) is 5.92 Å². The minimum atomic E-state index is -1.20. The highest BCUT2D eigenvalue weighted by Gasteiger charge is 2.42. The zero-order valence-electron chi connectivity index (χ0n) is 18.1. The molecular formula is C25H27ClN2O3. The second kappa shape index (κ2) is 8.48. The predicted molar refractivity (Wildman–Crippen MR) is 122 cm³/mol. The molecule has 1 amide bonds. The van der Waals surface area contributed by atoms with Crippen molar-refractivity contribution in [3.05, 3.63) is 70.2 Å². The Kier molecular flexibility index (Phi) is 5.91. The van der Waals surface area contributed by atoms with E-state index in [9.17, 15) is 9.90 Å². The smallest absolute Gasteiger partial charge is 0.219 e. The molecule has 162 valence electrons. The van der Waals surface area contributed by atoms with Crippen molar-refractivity contribution < 1.29 is 14.6 Å². The number of aromatic nitrogens is 1. The third-order valence-electron chi connectivity index (χ3n) is 6.48. The van der Waals surface area contributed by atoms with Crippen LogP contribution in [0, 0.1) is 12.8 Å². The van der Waals surface area contributed by atoms with Gasteiger partial charge in [0.15, 0.2) is 0 Å². The van der Waals surface area contributed by atoms with E-state index in [0.29, 0.717) is 24.0 Å². The summed E-state index contributed by atoms with van der Waals surface area (Å²) in [5.41, 5.74) is 1.91. The third-order valence-corrected chi connectivity index (χ3v) is 6.97. The van der Waals surface area contributed by atoms with Gasteiger partial charge in [0.25, 0.3) is 0 Å². The van der Waals surface area contributed by atoms with Gasteiger partial charge in [-0.3, -0.25) is 4.79 Å². The van der Waals surface area contributed by atoms with Gasteiger partial charge in [0.05, 0.1) is 17.6 Å². The SMILES string of the molecule is COc1nc2ccc(C(O)(c3ccccc3)C3CCN(C(C)=O)CC3)cc2c(Cl)c1C. The summed E-state index contributed by atoms with van der Waals surface area (Å²) in [6.07, 6.45) is 1.44. The fourth-order valence-corrected chi connectivity index (χ4v) is 4.91. The van der Waals surface area contributed by atoms with Crippen molar-refractivity contribution in [2.45, 2.75) is 32.3 Å². The zero-order valence-corrected chi connectivity index (χ0v) is 18.8. The Morgan fingerprint density at radius 1 is 1.16 bits per heavy atom. The standard InChI is InChI=1S/C25H27ClN2O3/c1-16-23(26)21-15-20(9-10-22(21)27-24(16)31-3)25(30,18-7-5-4-6-8-18)19-11-13-28(14-12-19)17(2)29/h4-10,15,19,30H,11-14H2,1-3H3. The van der Waals surface area contributed by atoms with E-state index in [0.717, 1.165) is 40.4 Å². The first-order valence-electron chi connectivity index (χ1n) is 10.5. The maximum atomic E-state index is 12.2. The van der Waals surface area contributed by atoms with Gasteiger partial charge in [0.1, 0.15) is 5.60 Å². The minimum Gasteiger partial charge on any atom is -0.481 e. The van der Waals surface area contributed by atoms with Crippen LogP contribution in [0.4, 0.5) is 0 Å². The Morgan fingerprint density at radius 3 is 2.45 bits per heavy atom. The van der Waals surface area contributed by atoms with Crippen LogP contribution in [-0.4, -0.2) is 41.1 Å². The normalized spacial score (nSPS) is 16.9. The number of fused-ring (bicyclic) bond motifs is 1. The molecule has 1 fully saturated rings. The van der Waals surface area contributed by atoms with Gasteiger partial charge in [-0.05, 0) is 48.9 Å². The minimum absolute atomic E-state index is 0.0333. The number of hydrogen-bond donors (Lipinski definition) is 1. The van der Waals surface area contributed by atoms with Crippen LogP contribution < -0.4 is 4.74 Å². The number of rotatable bonds is 4. The maximum absolute atomic E-state index is 12.2. The molecule has 0 aliphatic carbocycles. The Balaban J connectivity index is 1.84. The number of amides is 1. The Bertz CT molecular complexity index is 1110. The largest absolute Gasteiger partial charge is 0.481 e. The maximum Gasteiger partial charge on any atom is 0.219 e. The van der Waals surface area contributed by atoms with Gasteiger partial charge in [-0.25, -0.2) is 4.98 Å². The average molecular weight is 439 g/mol. The van der Waals surface area contributed by atoms with Gasteiger partial charge < -0.3 is 14.7 Å². The van der Waals surface area contributed by atoms with Gasteiger partial charge in [0.2, 0.25) is 11.8 Å². The first kappa shape index (κ1) is 21.6. The van der Waals surface area contributed by atoms with Crippen LogP contribution >= 0.6 is 11.6 Å². The summed E-state index contributed by atoms with van der Waals surface area (Å²) in [5, 5.41) is 13.6. The van der Waals surface area contributed by atoms with Crippen molar-refractivity contribution in [2.75, 3.05) is 20.2 Å². The molecule has 6 heteroatoms. The molecular weight excluding hydrogens is 412 g/mol. The van der Waals surface area contributed by atoms with Crippen LogP contribution in [0.1, 0.15) is 36.5 Å². The molecule has 1 aliphatic heterocycles. The molecule has 0 saturated carbocycles. The van der Waals surface area contributed by atoms with Gasteiger partial charge in [-0.2, -0.15) is 0 Å². The van der Waals surface area contributed by atoms with E-state index in [2.05, 4.69) is 4.98 Å². The summed E-state index contributed by atoms with van der Waals surface area (Å²) in [5.74, 6) is 0.545. The number of piperidine rings is 1. The lowest BCUT2D eigenvalue weighted by atomic mass is 9.72. The van der Waals surface area contributed by atoms with Crippen LogP contribution in [0.15, 0.2) is 48.5 Å². The molecule has 31 heavy (non-hydrogen) atoms. The van der Waals surface area contributed by atoms with E-state index < -0.39 is 5.60 Å². The second-order valence-corrected chi connectivity index (χ2v) is 8.58. The third kappa shape index (κ3) is 3.77. The zero-order chi connectivity index (χ0) is 22.2. The number of likely N-dealkylation sites (tertiary alicyclic amines) is 1. The number of carbonyl (C=O) groups excluding carboxylic acids is 1. The lowest BCUT2D eigenvalue weighted by Gasteiger charge is -2.42.